The molecule has 1 aromatic heterocycles. The molecule has 0 aliphatic heterocycles. The van der Waals surface area contributed by atoms with Gasteiger partial charge >= 0.3 is 0 Å². The summed E-state index contributed by atoms with van der Waals surface area (Å²) in [6, 6.07) is 7.56. The molecule has 6 heteroatoms. The summed E-state index contributed by atoms with van der Waals surface area (Å²) in [6.45, 7) is 0.754. The fourth-order valence-corrected chi connectivity index (χ4v) is 3.91. The van der Waals surface area contributed by atoms with Crippen LogP contribution in [0.25, 0.3) is 0 Å². The zero-order chi connectivity index (χ0) is 13.1. The lowest BCUT2D eigenvalue weighted by Crippen LogP contribution is -1.96. The highest BCUT2D eigenvalue weighted by atomic mass is 79.9. The maximum absolute atomic E-state index is 5.72. The van der Waals surface area contributed by atoms with Crippen LogP contribution in [0, 0.1) is 0 Å². The average Bonchev–Trinajstić information content (AvgIpc) is 2.75. The van der Waals surface area contributed by atoms with E-state index in [1.165, 1.54) is 0 Å². The Morgan fingerprint density at radius 3 is 2.22 bits per heavy atom. The summed E-state index contributed by atoms with van der Waals surface area (Å²) in [4.78, 5) is 0. The van der Waals surface area contributed by atoms with Crippen molar-refractivity contribution in [1.29, 1.82) is 0 Å². The molecule has 0 unspecified atom stereocenters. The van der Waals surface area contributed by atoms with E-state index in [9.17, 15) is 0 Å². The van der Waals surface area contributed by atoms with E-state index in [0.29, 0.717) is 13.2 Å². The highest BCUT2D eigenvalue weighted by Gasteiger charge is 2.09. The number of hydrogen-bond acceptors (Lipinski definition) is 3. The van der Waals surface area contributed by atoms with E-state index in [2.05, 4.69) is 47.8 Å². The Morgan fingerprint density at radius 2 is 1.67 bits per heavy atom. The van der Waals surface area contributed by atoms with E-state index in [1.807, 2.05) is 24.3 Å². The van der Waals surface area contributed by atoms with E-state index in [1.54, 1.807) is 0 Å². The summed E-state index contributed by atoms with van der Waals surface area (Å²) in [5, 5.41) is 0. The predicted octanol–water partition coefficient (Wildman–Crippen LogP) is 4.60. The van der Waals surface area contributed by atoms with E-state index in [-0.39, 0.29) is 0 Å². The van der Waals surface area contributed by atoms with Crippen molar-refractivity contribution in [2.45, 2.75) is 13.2 Å². The minimum atomic E-state index is 0.360. The third kappa shape index (κ3) is 3.38. The van der Waals surface area contributed by atoms with Gasteiger partial charge in [0.05, 0.1) is 15.5 Å². The van der Waals surface area contributed by atoms with Crippen molar-refractivity contribution < 1.29 is 9.15 Å². The maximum atomic E-state index is 5.72. The molecule has 2 N–H and O–H groups in total. The average molecular weight is 440 g/mol. The second-order valence-corrected chi connectivity index (χ2v) is 6.18. The molecule has 0 amide bonds. The van der Waals surface area contributed by atoms with Gasteiger partial charge in [0.25, 0.3) is 0 Å². The summed E-state index contributed by atoms with van der Waals surface area (Å²) in [7, 11) is 0. The Hall–Kier alpha value is -0.300. The molecular weight excluding hydrogens is 430 g/mol. The first-order valence-corrected chi connectivity index (χ1v) is 7.53. The molecule has 0 aliphatic rings. The van der Waals surface area contributed by atoms with Crippen LogP contribution in [0.15, 0.2) is 42.1 Å². The number of furan rings is 1. The van der Waals surface area contributed by atoms with Crippen LogP contribution in [0.1, 0.15) is 11.5 Å². The predicted molar refractivity (Wildman–Crippen MR) is 80.5 cm³/mol. The first-order valence-electron chi connectivity index (χ1n) is 5.15. The molecule has 2 aromatic rings. The van der Waals surface area contributed by atoms with Gasteiger partial charge in [-0.25, -0.2) is 0 Å². The summed E-state index contributed by atoms with van der Waals surface area (Å²) >= 11 is 10.3. The van der Waals surface area contributed by atoms with Crippen molar-refractivity contribution in [3.63, 3.8) is 0 Å². The zero-order valence-corrected chi connectivity index (χ0v) is 14.0. The van der Waals surface area contributed by atoms with Gasteiger partial charge in [0.2, 0.25) is 0 Å². The Labute approximate surface area is 130 Å². The fraction of sp³-hybridized carbons (Fsp3) is 0.167. The van der Waals surface area contributed by atoms with Gasteiger partial charge in [0.15, 0.2) is 0 Å². The molecule has 0 saturated carbocycles. The fourth-order valence-electron chi connectivity index (χ4n) is 1.42. The molecule has 0 radical (unpaired) electrons. The molecule has 1 heterocycles. The minimum absolute atomic E-state index is 0.360. The van der Waals surface area contributed by atoms with Crippen molar-refractivity contribution >= 4 is 47.8 Å². The lowest BCUT2D eigenvalue weighted by molar-refractivity contribution is 0.263. The largest absolute Gasteiger partial charge is 0.483 e. The molecule has 0 fully saturated rings. The quantitative estimate of drug-likeness (QED) is 0.757. The number of hydrogen-bond donors (Lipinski definition) is 1. The van der Waals surface area contributed by atoms with E-state index in [0.717, 1.165) is 30.7 Å². The molecule has 0 aliphatic carbocycles. The van der Waals surface area contributed by atoms with Crippen LogP contribution < -0.4 is 10.5 Å². The molecule has 0 atom stereocenters. The minimum Gasteiger partial charge on any atom is -0.483 e. The van der Waals surface area contributed by atoms with E-state index < -0.39 is 0 Å². The van der Waals surface area contributed by atoms with Gasteiger partial charge < -0.3 is 14.9 Å². The summed E-state index contributed by atoms with van der Waals surface area (Å²) in [5.41, 5.74) is 5.48. The first kappa shape index (κ1) is 14.1. The Kier molecular flexibility index (Phi) is 4.89. The molecule has 18 heavy (non-hydrogen) atoms. The van der Waals surface area contributed by atoms with Crippen LogP contribution in [0.5, 0.6) is 5.75 Å². The number of ether oxygens (including phenoxy) is 1. The van der Waals surface area contributed by atoms with Gasteiger partial charge in [-0.2, -0.15) is 0 Å². The number of halogens is 3. The Balaban J connectivity index is 2.10. The third-order valence-corrected chi connectivity index (χ3v) is 3.88. The zero-order valence-electron chi connectivity index (χ0n) is 9.25. The summed E-state index contributed by atoms with van der Waals surface area (Å²) in [5.74, 6) is 2.24. The number of rotatable bonds is 4. The molecule has 96 valence electrons. The van der Waals surface area contributed by atoms with Crippen LogP contribution in [0.4, 0.5) is 0 Å². The molecule has 0 spiro atoms. The van der Waals surface area contributed by atoms with E-state index in [4.69, 9.17) is 14.9 Å². The number of nitrogens with two attached hydrogens (primary N) is 1. The Bertz CT molecular complexity index is 531. The first-order chi connectivity index (χ1) is 8.60. The summed E-state index contributed by atoms with van der Waals surface area (Å²) < 4.78 is 13.9. The van der Waals surface area contributed by atoms with Crippen LogP contribution in [-0.2, 0) is 13.2 Å². The van der Waals surface area contributed by atoms with Crippen LogP contribution in [0.2, 0.25) is 0 Å². The lowest BCUT2D eigenvalue weighted by Gasteiger charge is -2.09. The van der Waals surface area contributed by atoms with Crippen LogP contribution >= 0.6 is 47.8 Å². The molecular formula is C12H10Br3NO2. The molecule has 0 saturated heterocycles. The molecule has 0 bridgehead atoms. The SMILES string of the molecule is NCc1ccc(COc2c(Br)cc(Br)cc2Br)o1. The van der Waals surface area contributed by atoms with Gasteiger partial charge in [0.1, 0.15) is 23.9 Å². The third-order valence-electron chi connectivity index (χ3n) is 2.24. The Morgan fingerprint density at radius 1 is 1.06 bits per heavy atom. The van der Waals surface area contributed by atoms with Gasteiger partial charge in [-0.3, -0.25) is 0 Å². The van der Waals surface area contributed by atoms with Crippen LogP contribution in [0.3, 0.4) is 0 Å². The van der Waals surface area contributed by atoms with Crippen molar-refractivity contribution in [1.82, 2.24) is 0 Å². The normalized spacial score (nSPS) is 10.7. The highest BCUT2D eigenvalue weighted by Crippen LogP contribution is 2.36. The van der Waals surface area contributed by atoms with Crippen molar-refractivity contribution in [2.75, 3.05) is 0 Å². The molecule has 3 nitrogen and oxygen atoms in total. The van der Waals surface area contributed by atoms with Crippen molar-refractivity contribution in [3.8, 4) is 5.75 Å². The summed E-state index contributed by atoms with van der Waals surface area (Å²) in [6.07, 6.45) is 0. The topological polar surface area (TPSA) is 48.4 Å². The second-order valence-electron chi connectivity index (χ2n) is 3.56. The van der Waals surface area contributed by atoms with Gasteiger partial charge in [-0.1, -0.05) is 15.9 Å². The van der Waals surface area contributed by atoms with Crippen LogP contribution in [-0.4, -0.2) is 0 Å². The number of benzene rings is 1. The molecule has 1 aromatic carbocycles. The molecule has 2 rings (SSSR count). The van der Waals surface area contributed by atoms with Crippen molar-refractivity contribution in [2.24, 2.45) is 5.73 Å². The van der Waals surface area contributed by atoms with Gasteiger partial charge in [-0.05, 0) is 56.1 Å². The van der Waals surface area contributed by atoms with Gasteiger partial charge in [0, 0.05) is 4.47 Å². The van der Waals surface area contributed by atoms with E-state index >= 15 is 0 Å². The monoisotopic (exact) mass is 437 g/mol. The van der Waals surface area contributed by atoms with Crippen molar-refractivity contribution in [3.05, 3.63) is 49.2 Å². The smallest absolute Gasteiger partial charge is 0.148 e. The van der Waals surface area contributed by atoms with Gasteiger partial charge in [-0.15, -0.1) is 0 Å². The standard InChI is InChI=1S/C12H10Br3NO2/c13-7-3-10(14)12(11(15)4-7)17-6-9-2-1-8(5-16)18-9/h1-4H,5-6,16H2. The maximum Gasteiger partial charge on any atom is 0.148 e. The second kappa shape index (κ2) is 6.23. The lowest BCUT2D eigenvalue weighted by atomic mass is 10.3. The highest BCUT2D eigenvalue weighted by molar-refractivity contribution is 9.11.